The van der Waals surface area contributed by atoms with Crippen molar-refractivity contribution in [3.05, 3.63) is 114 Å². The van der Waals surface area contributed by atoms with Gasteiger partial charge in [-0.25, -0.2) is 13.6 Å². The summed E-state index contributed by atoms with van der Waals surface area (Å²) in [4.78, 5) is 26.1. The Balaban J connectivity index is 1.09. The Kier molecular flexibility index (Phi) is 9.54. The van der Waals surface area contributed by atoms with Crippen LogP contribution in [0.4, 0.5) is 0 Å². The van der Waals surface area contributed by atoms with Crippen molar-refractivity contribution in [3.63, 3.8) is 0 Å². The van der Waals surface area contributed by atoms with Crippen LogP contribution < -0.4 is 20.5 Å². The van der Waals surface area contributed by atoms with Crippen molar-refractivity contribution in [2.75, 3.05) is 6.54 Å². The Morgan fingerprint density at radius 2 is 1.30 bits per heavy atom. The number of hydrogen-bond donors (Lipinski definition) is 3. The van der Waals surface area contributed by atoms with Gasteiger partial charge in [0, 0.05) is 30.5 Å². The number of nitrogens with one attached hydrogen (secondary N) is 2. The van der Waals surface area contributed by atoms with Gasteiger partial charge in [0.2, 0.25) is 21.8 Å². The number of primary sulfonamides is 1. The second-order valence-corrected chi connectivity index (χ2v) is 12.2. The van der Waals surface area contributed by atoms with E-state index in [0.717, 1.165) is 29.0 Å². The normalized spacial score (nSPS) is 16.4. The van der Waals surface area contributed by atoms with E-state index in [-0.39, 0.29) is 28.5 Å². The zero-order valence-corrected chi connectivity index (χ0v) is 24.6. The zero-order valence-electron chi connectivity index (χ0n) is 23.7. The molecule has 1 aliphatic carbocycles. The lowest BCUT2D eigenvalue weighted by Crippen LogP contribution is -2.40. The molecule has 222 valence electrons. The molecule has 2 amide bonds. The smallest absolute Gasteiger partial charge is 0.238 e. The van der Waals surface area contributed by atoms with Crippen molar-refractivity contribution in [1.82, 2.24) is 10.6 Å². The zero-order chi connectivity index (χ0) is 30.2. The van der Waals surface area contributed by atoms with Crippen LogP contribution in [0, 0.1) is 11.8 Å². The second-order valence-electron chi connectivity index (χ2n) is 10.7. The first kappa shape index (κ1) is 30.0. The molecule has 1 fully saturated rings. The fourth-order valence-electron chi connectivity index (χ4n) is 5.47. The Morgan fingerprint density at radius 3 is 1.98 bits per heavy atom. The average Bonchev–Trinajstić information content (AvgIpc) is 3.52. The summed E-state index contributed by atoms with van der Waals surface area (Å²) >= 11 is 0. The van der Waals surface area contributed by atoms with Crippen LogP contribution in [0.25, 0.3) is 11.1 Å². The van der Waals surface area contributed by atoms with E-state index in [4.69, 9.17) is 9.88 Å². The highest BCUT2D eigenvalue weighted by Gasteiger charge is 2.37. The fourth-order valence-corrected chi connectivity index (χ4v) is 6.23. The highest BCUT2D eigenvalue weighted by atomic mass is 32.2. The number of carbonyl (C=O) groups is 2. The van der Waals surface area contributed by atoms with Gasteiger partial charge in [-0.3, -0.25) is 9.59 Å². The van der Waals surface area contributed by atoms with Gasteiger partial charge in [-0.1, -0.05) is 79.2 Å². The van der Waals surface area contributed by atoms with E-state index >= 15 is 0 Å². The lowest BCUT2D eigenvalue weighted by atomic mass is 9.94. The van der Waals surface area contributed by atoms with Crippen LogP contribution in [-0.2, 0) is 32.6 Å². The highest BCUT2D eigenvalue weighted by molar-refractivity contribution is 7.89. The van der Waals surface area contributed by atoms with Crippen LogP contribution >= 0.6 is 0 Å². The van der Waals surface area contributed by atoms with Crippen molar-refractivity contribution in [3.8, 4) is 22.6 Å². The predicted octanol–water partition coefficient (Wildman–Crippen LogP) is 5.18. The SMILES string of the molecule is NS(=O)(=O)c1ccccc1-c1ccc(CNC(=O)[C@@H]2CCC[C@H]2C(=O)NCCc2ccc(Oc3ccccc3)cc2)cc1. The topological polar surface area (TPSA) is 128 Å². The molecule has 0 radical (unpaired) electrons. The van der Waals surface area contributed by atoms with Crippen molar-refractivity contribution in [1.29, 1.82) is 0 Å². The molecule has 4 aromatic carbocycles. The highest BCUT2D eigenvalue weighted by Crippen LogP contribution is 2.32. The molecule has 0 unspecified atom stereocenters. The number of ether oxygens (including phenoxy) is 1. The second kappa shape index (κ2) is 13.7. The van der Waals surface area contributed by atoms with Gasteiger partial charge in [0.1, 0.15) is 11.5 Å². The number of rotatable bonds is 11. The van der Waals surface area contributed by atoms with Gasteiger partial charge in [-0.2, -0.15) is 0 Å². The largest absolute Gasteiger partial charge is 0.457 e. The van der Waals surface area contributed by atoms with E-state index in [9.17, 15) is 18.0 Å². The van der Waals surface area contributed by atoms with E-state index in [0.29, 0.717) is 43.5 Å². The monoisotopic (exact) mass is 597 g/mol. The maximum atomic E-state index is 13.1. The predicted molar refractivity (Wildman–Crippen MR) is 166 cm³/mol. The first-order chi connectivity index (χ1) is 20.8. The molecule has 4 N–H and O–H groups in total. The first-order valence-electron chi connectivity index (χ1n) is 14.4. The van der Waals surface area contributed by atoms with Crippen LogP contribution in [0.2, 0.25) is 0 Å². The first-order valence-corrected chi connectivity index (χ1v) is 15.9. The van der Waals surface area contributed by atoms with Gasteiger partial charge < -0.3 is 15.4 Å². The molecule has 0 saturated heterocycles. The minimum absolute atomic E-state index is 0.0629. The maximum Gasteiger partial charge on any atom is 0.238 e. The van der Waals surface area contributed by atoms with Gasteiger partial charge in [-0.05, 0) is 66.3 Å². The maximum absolute atomic E-state index is 13.1. The lowest BCUT2D eigenvalue weighted by molar-refractivity contribution is -0.133. The summed E-state index contributed by atoms with van der Waals surface area (Å²) in [5.41, 5.74) is 3.18. The third-order valence-corrected chi connectivity index (χ3v) is 8.70. The van der Waals surface area contributed by atoms with Crippen molar-refractivity contribution in [2.45, 2.75) is 37.1 Å². The summed E-state index contributed by atoms with van der Waals surface area (Å²) in [7, 11) is -3.86. The minimum atomic E-state index is -3.86. The molecule has 0 aliphatic heterocycles. The molecule has 9 heteroatoms. The average molecular weight is 598 g/mol. The quantitative estimate of drug-likeness (QED) is 0.219. The molecule has 4 aromatic rings. The number of amides is 2. The van der Waals surface area contributed by atoms with Gasteiger partial charge >= 0.3 is 0 Å². The molecule has 0 bridgehead atoms. The molecular weight excluding hydrogens is 562 g/mol. The summed E-state index contributed by atoms with van der Waals surface area (Å²) in [6.07, 6.45) is 2.87. The van der Waals surface area contributed by atoms with Gasteiger partial charge in [0.15, 0.2) is 0 Å². The van der Waals surface area contributed by atoms with Crippen LogP contribution in [-0.4, -0.2) is 26.8 Å². The van der Waals surface area contributed by atoms with Crippen molar-refractivity contribution < 1.29 is 22.7 Å². The fraction of sp³-hybridized carbons (Fsp3) is 0.235. The van der Waals surface area contributed by atoms with Gasteiger partial charge in [-0.15, -0.1) is 0 Å². The Hall–Kier alpha value is -4.47. The molecular formula is C34H35N3O5S. The number of hydrogen-bond acceptors (Lipinski definition) is 5. The molecule has 0 spiro atoms. The van der Waals surface area contributed by atoms with E-state index in [2.05, 4.69) is 10.6 Å². The van der Waals surface area contributed by atoms with Crippen LogP contribution in [0.3, 0.4) is 0 Å². The molecule has 1 aliphatic rings. The Morgan fingerprint density at radius 1 is 0.721 bits per heavy atom. The minimum Gasteiger partial charge on any atom is -0.457 e. The summed E-state index contributed by atoms with van der Waals surface area (Å²) in [6.45, 7) is 0.800. The Bertz CT molecular complexity index is 1660. The Labute approximate surface area is 252 Å². The lowest BCUT2D eigenvalue weighted by Gasteiger charge is -2.19. The molecule has 0 heterocycles. The third kappa shape index (κ3) is 7.88. The molecule has 0 aromatic heterocycles. The standard InChI is InChI=1S/C34H35N3O5S/c35-43(40,41)32-12-5-4-9-29(32)26-17-13-25(14-18-26)23-37-34(39)31-11-6-10-30(31)33(38)36-22-21-24-15-19-28(20-16-24)42-27-7-2-1-3-8-27/h1-5,7-9,12-20,30-31H,6,10-11,21-23H2,(H,36,38)(H,37,39)(H2,35,40,41)/t30-,31-/m1/s1. The van der Waals surface area contributed by atoms with Gasteiger partial charge in [0.05, 0.1) is 4.90 Å². The summed E-state index contributed by atoms with van der Waals surface area (Å²) in [5.74, 6) is 0.602. The van der Waals surface area contributed by atoms with Crippen molar-refractivity contribution in [2.24, 2.45) is 17.0 Å². The molecule has 8 nitrogen and oxygen atoms in total. The summed E-state index contributed by atoms with van der Waals surface area (Å²) in [6, 6.07) is 31.3. The molecule has 43 heavy (non-hydrogen) atoms. The van der Waals surface area contributed by atoms with Crippen LogP contribution in [0.15, 0.2) is 108 Å². The molecule has 2 atom stereocenters. The van der Waals surface area contributed by atoms with Crippen molar-refractivity contribution >= 4 is 21.8 Å². The van der Waals surface area contributed by atoms with Crippen LogP contribution in [0.1, 0.15) is 30.4 Å². The number of benzene rings is 4. The summed E-state index contributed by atoms with van der Waals surface area (Å²) in [5, 5.41) is 11.4. The van der Waals surface area contributed by atoms with E-state index in [1.165, 1.54) is 6.07 Å². The third-order valence-electron chi connectivity index (χ3n) is 7.73. The number of carbonyl (C=O) groups excluding carboxylic acids is 2. The van der Waals surface area contributed by atoms with Gasteiger partial charge in [0.25, 0.3) is 0 Å². The van der Waals surface area contributed by atoms with E-state index < -0.39 is 10.0 Å². The number of para-hydroxylation sites is 1. The van der Waals surface area contributed by atoms with Crippen LogP contribution in [0.5, 0.6) is 11.5 Å². The van der Waals surface area contributed by atoms with E-state index in [1.807, 2.05) is 66.7 Å². The number of sulfonamides is 1. The molecule has 5 rings (SSSR count). The van der Waals surface area contributed by atoms with E-state index in [1.54, 1.807) is 30.3 Å². The molecule has 1 saturated carbocycles. The number of nitrogens with two attached hydrogens (primary N) is 1. The summed E-state index contributed by atoms with van der Waals surface area (Å²) < 4.78 is 29.7.